The van der Waals surface area contributed by atoms with Crippen LogP contribution in [0.1, 0.15) is 28.4 Å². The van der Waals surface area contributed by atoms with Gasteiger partial charge in [0.2, 0.25) is 0 Å². The Morgan fingerprint density at radius 1 is 1.31 bits per heavy atom. The van der Waals surface area contributed by atoms with E-state index in [1.165, 1.54) is 6.92 Å². The first kappa shape index (κ1) is 12.2. The lowest BCUT2D eigenvalue weighted by Gasteiger charge is -2.12. The number of aliphatic carboxylic acids is 1. The van der Waals surface area contributed by atoms with Crippen LogP contribution >= 0.6 is 0 Å². The molecular formula is C12H15NO3. The molecular weight excluding hydrogens is 206 g/mol. The van der Waals surface area contributed by atoms with Crippen molar-refractivity contribution in [2.24, 2.45) is 0 Å². The van der Waals surface area contributed by atoms with E-state index in [4.69, 9.17) is 5.11 Å². The summed E-state index contributed by atoms with van der Waals surface area (Å²) < 4.78 is 0. The molecule has 0 spiro atoms. The second-order valence-corrected chi connectivity index (χ2v) is 3.78. The van der Waals surface area contributed by atoms with Crippen LogP contribution < -0.4 is 5.32 Å². The second-order valence-electron chi connectivity index (χ2n) is 3.78. The minimum atomic E-state index is -1.04. The summed E-state index contributed by atoms with van der Waals surface area (Å²) in [4.78, 5) is 22.4. The summed E-state index contributed by atoms with van der Waals surface area (Å²) >= 11 is 0. The molecule has 1 rings (SSSR count). The van der Waals surface area contributed by atoms with Crippen LogP contribution in [0, 0.1) is 13.8 Å². The first-order valence-corrected chi connectivity index (χ1v) is 5.03. The third kappa shape index (κ3) is 2.59. The molecule has 1 atom stereocenters. The lowest BCUT2D eigenvalue weighted by Crippen LogP contribution is -2.38. The fourth-order valence-electron chi connectivity index (χ4n) is 1.33. The Morgan fingerprint density at radius 2 is 1.94 bits per heavy atom. The summed E-state index contributed by atoms with van der Waals surface area (Å²) in [6, 6.07) is 4.49. The first-order chi connectivity index (χ1) is 7.43. The Morgan fingerprint density at radius 3 is 2.50 bits per heavy atom. The van der Waals surface area contributed by atoms with Crippen LogP contribution in [-0.4, -0.2) is 23.0 Å². The summed E-state index contributed by atoms with van der Waals surface area (Å²) in [5.41, 5.74) is 2.40. The maximum absolute atomic E-state index is 11.8. The van der Waals surface area contributed by atoms with E-state index in [1.54, 1.807) is 12.1 Å². The predicted octanol–water partition coefficient (Wildman–Crippen LogP) is 1.51. The number of hydrogen-bond acceptors (Lipinski definition) is 2. The lowest BCUT2D eigenvalue weighted by atomic mass is 10.0. The van der Waals surface area contributed by atoms with Gasteiger partial charge < -0.3 is 10.4 Å². The van der Waals surface area contributed by atoms with Crippen LogP contribution in [0.5, 0.6) is 0 Å². The zero-order valence-electron chi connectivity index (χ0n) is 9.57. The van der Waals surface area contributed by atoms with Crippen molar-refractivity contribution in [3.8, 4) is 0 Å². The molecule has 0 heterocycles. The molecule has 0 bridgehead atoms. The molecule has 86 valence electrons. The Bertz CT molecular complexity index is 426. The van der Waals surface area contributed by atoms with Crippen LogP contribution in [0.15, 0.2) is 18.2 Å². The van der Waals surface area contributed by atoms with Gasteiger partial charge in [-0.05, 0) is 38.0 Å². The highest BCUT2D eigenvalue weighted by molar-refractivity contribution is 5.97. The molecule has 2 N–H and O–H groups in total. The van der Waals surface area contributed by atoms with Crippen molar-refractivity contribution >= 4 is 11.9 Å². The van der Waals surface area contributed by atoms with Crippen molar-refractivity contribution in [1.82, 2.24) is 5.32 Å². The number of benzene rings is 1. The summed E-state index contributed by atoms with van der Waals surface area (Å²) in [6.45, 7) is 5.19. The topological polar surface area (TPSA) is 66.4 Å². The second kappa shape index (κ2) is 4.79. The van der Waals surface area contributed by atoms with Crippen LogP contribution in [0.2, 0.25) is 0 Å². The number of carbonyl (C=O) groups excluding carboxylic acids is 1. The molecule has 0 aromatic heterocycles. The number of nitrogens with one attached hydrogen (secondary N) is 1. The smallest absolute Gasteiger partial charge is 0.325 e. The van der Waals surface area contributed by atoms with Gasteiger partial charge in [-0.2, -0.15) is 0 Å². The van der Waals surface area contributed by atoms with Crippen molar-refractivity contribution in [3.05, 3.63) is 34.9 Å². The van der Waals surface area contributed by atoms with Gasteiger partial charge in [0.15, 0.2) is 0 Å². The zero-order valence-corrected chi connectivity index (χ0v) is 9.57. The van der Waals surface area contributed by atoms with Crippen molar-refractivity contribution in [2.45, 2.75) is 26.8 Å². The summed E-state index contributed by atoms with van der Waals surface area (Å²) in [5, 5.41) is 11.1. The maximum Gasteiger partial charge on any atom is 0.325 e. The van der Waals surface area contributed by atoms with E-state index >= 15 is 0 Å². The summed E-state index contributed by atoms with van der Waals surface area (Å²) in [6.07, 6.45) is 0. The van der Waals surface area contributed by atoms with E-state index in [1.807, 2.05) is 19.9 Å². The molecule has 4 heteroatoms. The van der Waals surface area contributed by atoms with Gasteiger partial charge in [0.25, 0.3) is 5.91 Å². The van der Waals surface area contributed by atoms with E-state index < -0.39 is 12.0 Å². The minimum absolute atomic E-state index is 0.351. The highest BCUT2D eigenvalue weighted by atomic mass is 16.4. The molecule has 0 fully saturated rings. The monoisotopic (exact) mass is 221 g/mol. The number of hydrogen-bond donors (Lipinski definition) is 2. The van der Waals surface area contributed by atoms with Crippen molar-refractivity contribution in [3.63, 3.8) is 0 Å². The third-order valence-corrected chi connectivity index (χ3v) is 2.57. The summed E-state index contributed by atoms with van der Waals surface area (Å²) in [7, 11) is 0. The van der Waals surface area contributed by atoms with Gasteiger partial charge in [-0.1, -0.05) is 12.1 Å². The van der Waals surface area contributed by atoms with Crippen LogP contribution in [0.3, 0.4) is 0 Å². The highest BCUT2D eigenvalue weighted by Crippen LogP contribution is 2.12. The van der Waals surface area contributed by atoms with Gasteiger partial charge >= 0.3 is 5.97 Å². The highest BCUT2D eigenvalue weighted by Gasteiger charge is 2.16. The minimum Gasteiger partial charge on any atom is -0.480 e. The van der Waals surface area contributed by atoms with Crippen molar-refractivity contribution in [1.29, 1.82) is 0 Å². The number of carboxylic acids is 1. The van der Waals surface area contributed by atoms with Crippen LogP contribution in [-0.2, 0) is 4.79 Å². The van der Waals surface area contributed by atoms with Gasteiger partial charge in [-0.3, -0.25) is 9.59 Å². The predicted molar refractivity (Wildman–Crippen MR) is 60.5 cm³/mol. The Balaban J connectivity index is 2.89. The maximum atomic E-state index is 11.8. The van der Waals surface area contributed by atoms with Gasteiger partial charge in [-0.15, -0.1) is 0 Å². The SMILES string of the molecule is Cc1cccc(C(=O)N[C@@H](C)C(=O)O)c1C. The van der Waals surface area contributed by atoms with Gasteiger partial charge in [0, 0.05) is 5.56 Å². The zero-order chi connectivity index (χ0) is 12.3. The number of rotatable bonds is 3. The molecule has 0 radical (unpaired) electrons. The largest absolute Gasteiger partial charge is 0.480 e. The fourth-order valence-corrected chi connectivity index (χ4v) is 1.33. The normalized spacial score (nSPS) is 11.9. The Hall–Kier alpha value is -1.84. The van der Waals surface area contributed by atoms with Crippen LogP contribution in [0.25, 0.3) is 0 Å². The molecule has 0 unspecified atom stereocenters. The van der Waals surface area contributed by atoms with Crippen molar-refractivity contribution < 1.29 is 14.7 Å². The van der Waals surface area contributed by atoms with E-state index in [2.05, 4.69) is 5.32 Å². The molecule has 0 aliphatic heterocycles. The van der Waals surface area contributed by atoms with Crippen molar-refractivity contribution in [2.75, 3.05) is 0 Å². The number of carboxylic acid groups (broad SMARTS) is 1. The molecule has 0 aliphatic carbocycles. The Kier molecular flexibility index (Phi) is 3.66. The summed E-state index contributed by atoms with van der Waals surface area (Å²) in [5.74, 6) is -1.39. The van der Waals surface area contributed by atoms with Crippen LogP contribution in [0.4, 0.5) is 0 Å². The standard InChI is InChI=1S/C12H15NO3/c1-7-5-4-6-10(8(7)2)11(14)13-9(3)12(15)16/h4-6,9H,1-3H3,(H,13,14)(H,15,16)/t9-/m0/s1. The van der Waals surface area contributed by atoms with E-state index in [0.29, 0.717) is 5.56 Å². The molecule has 4 nitrogen and oxygen atoms in total. The average molecular weight is 221 g/mol. The van der Waals surface area contributed by atoms with E-state index in [0.717, 1.165) is 11.1 Å². The average Bonchev–Trinajstić information content (AvgIpc) is 2.21. The van der Waals surface area contributed by atoms with E-state index in [9.17, 15) is 9.59 Å². The van der Waals surface area contributed by atoms with Gasteiger partial charge in [0.1, 0.15) is 6.04 Å². The van der Waals surface area contributed by atoms with Gasteiger partial charge in [-0.25, -0.2) is 0 Å². The number of carbonyl (C=O) groups is 2. The molecule has 1 aromatic carbocycles. The molecule has 1 amide bonds. The van der Waals surface area contributed by atoms with E-state index in [-0.39, 0.29) is 5.91 Å². The molecule has 0 saturated carbocycles. The first-order valence-electron chi connectivity index (χ1n) is 5.03. The fraction of sp³-hybridized carbons (Fsp3) is 0.333. The molecule has 1 aromatic rings. The lowest BCUT2D eigenvalue weighted by molar-refractivity contribution is -0.138. The Labute approximate surface area is 94.3 Å². The third-order valence-electron chi connectivity index (χ3n) is 2.57. The number of amides is 1. The molecule has 0 saturated heterocycles. The van der Waals surface area contributed by atoms with Gasteiger partial charge in [0.05, 0.1) is 0 Å². The molecule has 16 heavy (non-hydrogen) atoms. The number of aryl methyl sites for hydroxylation is 1. The molecule has 0 aliphatic rings. The quantitative estimate of drug-likeness (QED) is 0.813.